The van der Waals surface area contributed by atoms with Crippen molar-refractivity contribution in [3.8, 4) is 0 Å². The van der Waals surface area contributed by atoms with E-state index in [2.05, 4.69) is 4.98 Å². The molecule has 2 atom stereocenters. The molecule has 9 heteroatoms. The van der Waals surface area contributed by atoms with Gasteiger partial charge in [-0.05, 0) is 18.2 Å². The van der Waals surface area contributed by atoms with Gasteiger partial charge in [-0.15, -0.1) is 0 Å². The number of aromatic nitrogens is 2. The number of halogens is 1. The predicted molar refractivity (Wildman–Crippen MR) is 104 cm³/mol. The summed E-state index contributed by atoms with van der Waals surface area (Å²) in [5.41, 5.74) is 6.05. The number of aliphatic hydroxyl groups excluding tert-OH is 1. The highest BCUT2D eigenvalue weighted by atomic mass is 35.5. The molecule has 0 unspecified atom stereocenters. The third-order valence-corrected chi connectivity index (χ3v) is 6.08. The molecule has 0 saturated carbocycles. The van der Waals surface area contributed by atoms with Crippen molar-refractivity contribution in [2.24, 2.45) is 18.4 Å². The van der Waals surface area contributed by atoms with E-state index in [0.717, 1.165) is 0 Å². The Bertz CT molecular complexity index is 928. The second-order valence-electron chi connectivity index (χ2n) is 7.71. The molecule has 0 bridgehead atoms. The van der Waals surface area contributed by atoms with E-state index in [4.69, 9.17) is 17.3 Å². The number of pyridine rings is 1. The normalized spacial score (nSPS) is 23.9. The van der Waals surface area contributed by atoms with Crippen LogP contribution in [0.5, 0.6) is 0 Å². The molecule has 2 aliphatic heterocycles. The number of amides is 2. The van der Waals surface area contributed by atoms with Crippen molar-refractivity contribution in [3.63, 3.8) is 0 Å². The molecule has 28 heavy (non-hydrogen) atoms. The zero-order valence-electron chi connectivity index (χ0n) is 15.5. The Morgan fingerprint density at radius 3 is 2.46 bits per heavy atom. The fourth-order valence-corrected chi connectivity index (χ4v) is 4.58. The van der Waals surface area contributed by atoms with Gasteiger partial charge in [0, 0.05) is 57.0 Å². The fraction of sp³-hybridized carbons (Fsp3) is 0.421. The summed E-state index contributed by atoms with van der Waals surface area (Å²) in [6.07, 6.45) is 3.15. The van der Waals surface area contributed by atoms with E-state index >= 15 is 0 Å². The summed E-state index contributed by atoms with van der Waals surface area (Å²) in [5.74, 6) is 0.124. The maximum atomic E-state index is 12.9. The van der Waals surface area contributed by atoms with Gasteiger partial charge in [-0.3, -0.25) is 9.59 Å². The third-order valence-electron chi connectivity index (χ3n) is 5.87. The summed E-state index contributed by atoms with van der Waals surface area (Å²) in [6, 6.07) is 4.89. The minimum atomic E-state index is -0.512. The highest BCUT2D eigenvalue weighted by Gasteiger charge is 2.54. The molecule has 0 aromatic carbocycles. The van der Waals surface area contributed by atoms with Crippen molar-refractivity contribution in [3.05, 3.63) is 46.9 Å². The van der Waals surface area contributed by atoms with Crippen LogP contribution in [-0.4, -0.2) is 69.1 Å². The lowest BCUT2D eigenvalue weighted by atomic mass is 9.82. The number of likely N-dealkylation sites (tertiary alicyclic amines) is 2. The lowest BCUT2D eigenvalue weighted by Gasteiger charge is -2.27. The van der Waals surface area contributed by atoms with Gasteiger partial charge in [-0.1, -0.05) is 11.6 Å². The van der Waals surface area contributed by atoms with Gasteiger partial charge in [0.05, 0.1) is 17.2 Å². The number of nitrogens with zero attached hydrogens (tertiary/aromatic N) is 4. The topological polar surface area (TPSA) is 105 Å². The van der Waals surface area contributed by atoms with Gasteiger partial charge in [0.2, 0.25) is 0 Å². The number of carbonyl (C=O) groups excluding carboxylic acids is 2. The Morgan fingerprint density at radius 1 is 1.29 bits per heavy atom. The molecule has 2 aliphatic rings. The highest BCUT2D eigenvalue weighted by Crippen LogP contribution is 2.43. The van der Waals surface area contributed by atoms with Crippen molar-refractivity contribution in [2.45, 2.75) is 0 Å². The molecule has 0 aliphatic carbocycles. The Labute approximate surface area is 167 Å². The first-order chi connectivity index (χ1) is 13.3. The van der Waals surface area contributed by atoms with Gasteiger partial charge in [0.15, 0.2) is 0 Å². The Morgan fingerprint density at radius 2 is 1.96 bits per heavy atom. The molecule has 0 spiro atoms. The van der Waals surface area contributed by atoms with Crippen LogP contribution in [0.2, 0.25) is 5.02 Å². The van der Waals surface area contributed by atoms with Crippen LogP contribution in [0.3, 0.4) is 0 Å². The average molecular weight is 404 g/mol. The van der Waals surface area contributed by atoms with Crippen LogP contribution in [0, 0.1) is 11.3 Å². The third kappa shape index (κ3) is 3.02. The van der Waals surface area contributed by atoms with Crippen molar-refractivity contribution in [1.29, 1.82) is 0 Å². The summed E-state index contributed by atoms with van der Waals surface area (Å²) < 4.78 is 1.70. The van der Waals surface area contributed by atoms with Crippen LogP contribution < -0.4 is 5.73 Å². The van der Waals surface area contributed by atoms with E-state index < -0.39 is 5.41 Å². The number of aliphatic hydroxyl groups is 1. The smallest absolute Gasteiger partial charge is 0.270 e. The van der Waals surface area contributed by atoms with Crippen LogP contribution in [0.1, 0.15) is 20.8 Å². The molecule has 2 fully saturated rings. The lowest BCUT2D eigenvalue weighted by molar-refractivity contribution is 0.0662. The van der Waals surface area contributed by atoms with Gasteiger partial charge in [0.25, 0.3) is 11.8 Å². The van der Waals surface area contributed by atoms with Gasteiger partial charge in [-0.2, -0.15) is 0 Å². The van der Waals surface area contributed by atoms with E-state index in [1.807, 2.05) is 0 Å². The fourth-order valence-electron chi connectivity index (χ4n) is 4.33. The Hall–Kier alpha value is -2.58. The van der Waals surface area contributed by atoms with Crippen molar-refractivity contribution in [2.75, 3.05) is 38.5 Å². The number of hydrogen-bond donors (Lipinski definition) is 2. The standard InChI is InChI=1S/C19H22ClN5O3/c1-23-8-14(20)4-15(23)18(28)25-7-13-6-24(9-19(13,10-25)11-26)17(27)12-2-3-16(21)22-5-12/h2-5,8,13,26H,6-7,9-11H2,1H3,(H2,21,22)/t13-,19+/m0/s1. The van der Waals surface area contributed by atoms with E-state index in [1.54, 1.807) is 45.8 Å². The van der Waals surface area contributed by atoms with Crippen LogP contribution in [0.25, 0.3) is 0 Å². The number of fused-ring (bicyclic) bond motifs is 1. The van der Waals surface area contributed by atoms with E-state index in [0.29, 0.717) is 48.3 Å². The van der Waals surface area contributed by atoms with Crippen molar-refractivity contribution in [1.82, 2.24) is 19.4 Å². The number of carbonyl (C=O) groups is 2. The lowest BCUT2D eigenvalue weighted by Crippen LogP contribution is -2.40. The van der Waals surface area contributed by atoms with E-state index in [9.17, 15) is 14.7 Å². The second-order valence-corrected chi connectivity index (χ2v) is 8.15. The van der Waals surface area contributed by atoms with Crippen molar-refractivity contribution >= 4 is 29.2 Å². The zero-order valence-corrected chi connectivity index (χ0v) is 16.3. The molecular weight excluding hydrogens is 382 g/mol. The first-order valence-corrected chi connectivity index (χ1v) is 9.43. The van der Waals surface area contributed by atoms with Gasteiger partial charge >= 0.3 is 0 Å². The van der Waals surface area contributed by atoms with Crippen LogP contribution >= 0.6 is 11.6 Å². The molecule has 2 amide bonds. The SMILES string of the molecule is Cn1cc(Cl)cc1C(=O)N1C[C@@H]2CN(C(=O)c3ccc(N)nc3)C[C@]2(CO)C1. The minimum Gasteiger partial charge on any atom is -0.396 e. The Balaban J connectivity index is 1.50. The summed E-state index contributed by atoms with van der Waals surface area (Å²) in [6.45, 7) is 1.70. The molecule has 2 aromatic heterocycles. The average Bonchev–Trinajstić information content (AvgIpc) is 3.31. The largest absolute Gasteiger partial charge is 0.396 e. The number of nitrogens with two attached hydrogens (primary N) is 1. The summed E-state index contributed by atoms with van der Waals surface area (Å²) in [5, 5.41) is 10.6. The molecular formula is C19H22ClN5O3. The van der Waals surface area contributed by atoms with Crippen LogP contribution in [-0.2, 0) is 7.05 Å². The molecule has 2 aromatic rings. The molecule has 2 saturated heterocycles. The van der Waals surface area contributed by atoms with Crippen molar-refractivity contribution < 1.29 is 14.7 Å². The molecule has 3 N–H and O–H groups in total. The maximum Gasteiger partial charge on any atom is 0.270 e. The van der Waals surface area contributed by atoms with E-state index in [-0.39, 0.29) is 24.3 Å². The molecule has 0 radical (unpaired) electrons. The summed E-state index contributed by atoms with van der Waals surface area (Å²) in [7, 11) is 1.78. The van der Waals surface area contributed by atoms with Gasteiger partial charge in [0.1, 0.15) is 11.5 Å². The second kappa shape index (κ2) is 6.79. The number of aryl methyl sites for hydroxylation is 1. The zero-order chi connectivity index (χ0) is 20.1. The van der Waals surface area contributed by atoms with Crippen LogP contribution in [0.15, 0.2) is 30.6 Å². The van der Waals surface area contributed by atoms with Gasteiger partial charge < -0.3 is 25.2 Å². The number of anilines is 1. The molecule has 148 valence electrons. The molecule has 4 rings (SSSR count). The molecule has 8 nitrogen and oxygen atoms in total. The molecule has 4 heterocycles. The number of rotatable bonds is 3. The van der Waals surface area contributed by atoms with Gasteiger partial charge in [-0.25, -0.2) is 4.98 Å². The first kappa shape index (κ1) is 18.8. The summed E-state index contributed by atoms with van der Waals surface area (Å²) >= 11 is 6.00. The summed E-state index contributed by atoms with van der Waals surface area (Å²) in [4.78, 5) is 33.2. The first-order valence-electron chi connectivity index (χ1n) is 9.06. The maximum absolute atomic E-state index is 12.9. The minimum absolute atomic E-state index is 0.0166. The monoisotopic (exact) mass is 403 g/mol. The quantitative estimate of drug-likeness (QED) is 0.791. The predicted octanol–water partition coefficient (Wildman–Crippen LogP) is 0.862. The van der Waals surface area contributed by atoms with E-state index in [1.165, 1.54) is 6.20 Å². The van der Waals surface area contributed by atoms with Crippen LogP contribution in [0.4, 0.5) is 5.82 Å². The highest BCUT2D eigenvalue weighted by molar-refractivity contribution is 6.31. The number of nitrogen functional groups attached to an aromatic ring is 1. The Kier molecular flexibility index (Phi) is 4.55. The number of hydrogen-bond acceptors (Lipinski definition) is 5.